The number of ether oxygens (including phenoxy) is 11. The minimum absolute atomic E-state index is 0.0224. The molecule has 4 aliphatic heterocycles. The first-order valence-corrected chi connectivity index (χ1v) is 44.3. The molecule has 0 aliphatic carbocycles. The summed E-state index contributed by atoms with van der Waals surface area (Å²) in [7, 11) is 0. The maximum Gasteiger partial charge on any atom is 0.222 e. The van der Waals surface area contributed by atoms with Gasteiger partial charge in [-0.3, -0.25) is 52.7 Å². The Morgan fingerprint density at radius 2 is 0.616 bits per heavy atom. The molecule has 0 radical (unpaired) electrons. The number of nitrogens with one attached hydrogen (secondary N) is 11. The fraction of sp³-hybridized carbons (Fsp3) is 0.866. The number of aliphatic hydroxyl groups excluding tert-OH is 10. The highest BCUT2D eigenvalue weighted by Crippen LogP contribution is 2.28. The van der Waals surface area contributed by atoms with E-state index < -0.39 is 141 Å². The van der Waals surface area contributed by atoms with Crippen molar-refractivity contribution in [2.75, 3.05) is 132 Å². The molecule has 0 aromatic rings. The second-order valence-corrected chi connectivity index (χ2v) is 32.2. The maximum absolute atomic E-state index is 14.1. The third kappa shape index (κ3) is 45.9. The Bertz CT molecular complexity index is 2860. The summed E-state index contributed by atoms with van der Waals surface area (Å²) in [5.41, 5.74) is -1.44. The average Bonchev–Trinajstić information content (AvgIpc) is 1.65. The first-order chi connectivity index (χ1) is 59.9. The van der Waals surface area contributed by atoms with Crippen molar-refractivity contribution in [2.45, 2.75) is 323 Å². The number of hydrogen-bond acceptors (Lipinski definition) is 32. The van der Waals surface area contributed by atoms with E-state index in [1.807, 2.05) is 13.8 Å². The van der Waals surface area contributed by atoms with Gasteiger partial charge in [0.2, 0.25) is 65.0 Å². The van der Waals surface area contributed by atoms with Gasteiger partial charge in [0, 0.05) is 144 Å². The molecule has 43 heteroatoms. The van der Waals surface area contributed by atoms with Crippen LogP contribution in [-0.2, 0) is 105 Å². The smallest absolute Gasteiger partial charge is 0.222 e. The molecule has 16 unspecified atom stereocenters. The highest BCUT2D eigenvalue weighted by Gasteiger charge is 2.48. The summed E-state index contributed by atoms with van der Waals surface area (Å²) in [4.78, 5) is 140. The normalized spacial score (nSPS) is 25.3. The summed E-state index contributed by atoms with van der Waals surface area (Å²) in [6.45, 7) is 6.27. The van der Waals surface area contributed by atoms with Crippen molar-refractivity contribution in [2.24, 2.45) is 0 Å². The SMILES string of the molecule is CC(=O)NC1C(OCCCCC(=O)NCCCNC(=O)CCOCC(COCCC(=O)NCCCNC(=O)CCCCOC2OC(CO)C(O)C(O)C2NC(C)=O)(COCCC(=O)NCCCNC(=O)CCCCOC2OC(CO)C(O)C(O)C2NC(C)=O)NC(=O)CCCCCCCCCCC(=O)NCC2C[C@H](OC(C)C)[C@@H](CO)O2)OC(CO)C(O)C1O. The van der Waals surface area contributed by atoms with Crippen LogP contribution in [0.5, 0.6) is 0 Å². The molecule has 4 saturated heterocycles. The monoisotopic (exact) mass is 1800 g/mol. The Kier molecular flexibility index (Phi) is 56.8. The average molecular weight is 1800 g/mol. The molecule has 18 atom stereocenters. The van der Waals surface area contributed by atoms with E-state index in [1.165, 1.54) is 20.8 Å². The number of rotatable bonds is 68. The summed E-state index contributed by atoms with van der Waals surface area (Å²) in [6, 6.07) is -3.30. The molecule has 125 heavy (non-hydrogen) atoms. The van der Waals surface area contributed by atoms with Gasteiger partial charge in [-0.25, -0.2) is 0 Å². The molecule has 11 amide bonds. The lowest BCUT2D eigenvalue weighted by Gasteiger charge is -2.42. The highest BCUT2D eigenvalue weighted by atomic mass is 16.7. The van der Waals surface area contributed by atoms with Gasteiger partial charge in [0.15, 0.2) is 18.9 Å². The van der Waals surface area contributed by atoms with E-state index >= 15 is 0 Å². The molecule has 4 rings (SSSR count). The van der Waals surface area contributed by atoms with Crippen LogP contribution in [0.25, 0.3) is 0 Å². The van der Waals surface area contributed by atoms with Gasteiger partial charge in [0.1, 0.15) is 84.7 Å². The number of hydrogen-bond donors (Lipinski definition) is 21. The number of carbonyl (C=O) groups excluding carboxylic acids is 11. The summed E-state index contributed by atoms with van der Waals surface area (Å²) in [5, 5.41) is 131. The number of amides is 11. The lowest BCUT2D eigenvalue weighted by atomic mass is 9.97. The van der Waals surface area contributed by atoms with Gasteiger partial charge in [-0.2, -0.15) is 0 Å². The number of aliphatic hydroxyl groups is 10. The lowest BCUT2D eigenvalue weighted by Crippen LogP contribution is -2.64. The van der Waals surface area contributed by atoms with Gasteiger partial charge in [0.25, 0.3) is 0 Å². The molecule has 0 spiro atoms. The van der Waals surface area contributed by atoms with E-state index in [0.29, 0.717) is 90.0 Å². The van der Waals surface area contributed by atoms with Gasteiger partial charge < -0.3 is 162 Å². The fourth-order valence-corrected chi connectivity index (χ4v) is 14.2. The van der Waals surface area contributed by atoms with Gasteiger partial charge >= 0.3 is 0 Å². The minimum Gasteiger partial charge on any atom is -0.394 e. The predicted octanol–water partition coefficient (Wildman–Crippen LogP) is -4.72. The topological polar surface area (TPSA) is 624 Å². The highest BCUT2D eigenvalue weighted by molar-refractivity contribution is 5.79. The molecular formula is C82H147N11O32. The molecule has 4 fully saturated rings. The van der Waals surface area contributed by atoms with Crippen molar-refractivity contribution in [1.82, 2.24) is 58.5 Å². The third-order valence-electron chi connectivity index (χ3n) is 20.9. The zero-order valence-electron chi connectivity index (χ0n) is 73.5. The fourth-order valence-electron chi connectivity index (χ4n) is 14.2. The Hall–Kier alpha value is -6.67. The largest absolute Gasteiger partial charge is 0.394 e. The van der Waals surface area contributed by atoms with Crippen molar-refractivity contribution < 1.29 is 156 Å². The Morgan fingerprint density at radius 3 is 0.912 bits per heavy atom. The first kappa shape index (κ1) is 111. The van der Waals surface area contributed by atoms with Crippen LogP contribution in [0.2, 0.25) is 0 Å². The second kappa shape index (κ2) is 64.1. The van der Waals surface area contributed by atoms with Crippen molar-refractivity contribution in [3.05, 3.63) is 0 Å². The molecule has 4 aliphatic rings. The van der Waals surface area contributed by atoms with Crippen molar-refractivity contribution >= 4 is 65.0 Å². The van der Waals surface area contributed by atoms with Crippen LogP contribution in [0.1, 0.15) is 202 Å². The molecule has 0 aromatic carbocycles. The summed E-state index contributed by atoms with van der Waals surface area (Å²) < 4.78 is 64.0. The summed E-state index contributed by atoms with van der Waals surface area (Å²) in [6.07, 6.45) is -5.61. The van der Waals surface area contributed by atoms with Crippen LogP contribution in [0.4, 0.5) is 0 Å². The Morgan fingerprint density at radius 1 is 0.336 bits per heavy atom. The van der Waals surface area contributed by atoms with Crippen LogP contribution in [0.15, 0.2) is 0 Å². The molecule has 0 aromatic heterocycles. The van der Waals surface area contributed by atoms with Crippen molar-refractivity contribution in [3.63, 3.8) is 0 Å². The van der Waals surface area contributed by atoms with E-state index in [4.69, 9.17) is 52.1 Å². The molecule has 21 N–H and O–H groups in total. The van der Waals surface area contributed by atoms with Gasteiger partial charge in [-0.1, -0.05) is 38.5 Å². The summed E-state index contributed by atoms with van der Waals surface area (Å²) in [5.74, 6) is -3.83. The van der Waals surface area contributed by atoms with Crippen LogP contribution in [0, 0.1) is 0 Å². The van der Waals surface area contributed by atoms with E-state index in [9.17, 15) is 104 Å². The second-order valence-electron chi connectivity index (χ2n) is 32.2. The van der Waals surface area contributed by atoms with E-state index in [-0.39, 0.29) is 216 Å². The molecule has 43 nitrogen and oxygen atoms in total. The molecule has 4 heterocycles. The zero-order valence-corrected chi connectivity index (χ0v) is 73.5. The predicted molar refractivity (Wildman–Crippen MR) is 444 cm³/mol. The minimum atomic E-state index is -1.47. The van der Waals surface area contributed by atoms with E-state index in [2.05, 4.69) is 58.5 Å². The van der Waals surface area contributed by atoms with Gasteiger partial charge in [0.05, 0.1) is 84.4 Å². The maximum atomic E-state index is 14.1. The van der Waals surface area contributed by atoms with Crippen LogP contribution < -0.4 is 58.5 Å². The van der Waals surface area contributed by atoms with Crippen molar-refractivity contribution in [3.8, 4) is 0 Å². The number of carbonyl (C=O) groups is 11. The van der Waals surface area contributed by atoms with Crippen molar-refractivity contribution in [1.29, 1.82) is 0 Å². The molecule has 0 bridgehead atoms. The van der Waals surface area contributed by atoms with Gasteiger partial charge in [-0.15, -0.1) is 0 Å². The molecule has 0 saturated carbocycles. The quantitative estimate of drug-likeness (QED) is 0.0254. The molecule has 722 valence electrons. The summed E-state index contributed by atoms with van der Waals surface area (Å²) >= 11 is 0. The van der Waals surface area contributed by atoms with Crippen LogP contribution >= 0.6 is 0 Å². The number of unbranched alkanes of at least 4 members (excludes halogenated alkanes) is 10. The first-order valence-electron chi connectivity index (χ1n) is 44.3. The lowest BCUT2D eigenvalue weighted by molar-refractivity contribution is -0.270. The van der Waals surface area contributed by atoms with Gasteiger partial charge in [-0.05, 0) is 84.5 Å². The van der Waals surface area contributed by atoms with Crippen LogP contribution in [-0.4, -0.2) is 370 Å². The molecular weight excluding hydrogens is 1650 g/mol. The Balaban J connectivity index is 1.30. The third-order valence-corrected chi connectivity index (χ3v) is 20.9. The standard InChI is InChI=1S/C82H147N11O32/c1-52(2)121-57-43-56(122-58(57)45-94)44-89-65(104)23-12-10-8-6-7-9-11-13-27-69(108)93-82(49-115-40-28-66(105)86-34-20-31-83-62(101)24-14-17-37-118-79-70(90-53(3)98)76(112)73(109)59(46-95)123-79,50-116-41-29-67(106)87-35-21-32-84-63(102)25-15-18-38-119-80-71(91-54(4)99)77(113)74(110)60(47-96)124-80)51-117-42-30-68(107)88-36-22-33-85-64(103)26-16-19-39-120-81-72(92-55(5)100)78(114)75(111)61(48-97)125-81/h52,56-61,70-81,94-97,109-114H,6-51H2,1-5H3,(H,83,101)(H,84,102)(H,85,103)(H,86,105)(H,87,106)(H,88,107)(H,89,104)(H,90,98)(H,91,99)(H,92,100)(H,93,108)/t56?,57-,58+,59?,60?,61?,70?,71?,72?,73?,74?,75?,76?,77?,78?,79?,80?,81?,82?/m0/s1. The Labute approximate surface area is 731 Å². The van der Waals surface area contributed by atoms with E-state index in [1.54, 1.807) is 0 Å². The van der Waals surface area contributed by atoms with E-state index in [0.717, 1.165) is 38.5 Å². The van der Waals surface area contributed by atoms with Crippen LogP contribution in [0.3, 0.4) is 0 Å². The zero-order chi connectivity index (χ0) is 91.9.